The first-order valence-electron chi connectivity index (χ1n) is 13.9. The van der Waals surface area contributed by atoms with E-state index in [0.717, 1.165) is 33.5 Å². The van der Waals surface area contributed by atoms with Gasteiger partial charge in [0.2, 0.25) is 5.28 Å². The van der Waals surface area contributed by atoms with Crippen molar-refractivity contribution in [1.29, 1.82) is 0 Å². The van der Waals surface area contributed by atoms with Gasteiger partial charge < -0.3 is 14.7 Å². The van der Waals surface area contributed by atoms with E-state index in [1.165, 1.54) is 19.1 Å². The van der Waals surface area contributed by atoms with E-state index in [1.54, 1.807) is 42.8 Å². The number of nitrogens with one attached hydrogen (secondary N) is 1. The van der Waals surface area contributed by atoms with Gasteiger partial charge in [0, 0.05) is 18.9 Å². The molecule has 0 spiro atoms. The number of hydrogen-bond acceptors (Lipinski definition) is 10. The molecule has 0 aliphatic carbocycles. The van der Waals surface area contributed by atoms with Crippen LogP contribution < -0.4 is 4.72 Å². The molecule has 1 amide bonds. The molecule has 1 fully saturated rings. The van der Waals surface area contributed by atoms with E-state index in [0.29, 0.717) is 5.56 Å². The van der Waals surface area contributed by atoms with Crippen molar-refractivity contribution in [1.82, 2.24) is 19.5 Å². The Morgan fingerprint density at radius 3 is 2.37 bits per heavy atom. The Morgan fingerprint density at radius 2 is 1.76 bits per heavy atom. The fraction of sp³-hybridized carbons (Fsp3) is 0.393. The molecule has 0 radical (unpaired) electrons. The lowest BCUT2D eigenvalue weighted by molar-refractivity contribution is -0.709. The molecule has 1 aliphatic heterocycles. The molecule has 2 atom stereocenters. The number of hydrazine groups is 1. The lowest BCUT2D eigenvalue weighted by Crippen LogP contribution is -2.36. The van der Waals surface area contributed by atoms with E-state index in [2.05, 4.69) is 10.4 Å². The van der Waals surface area contributed by atoms with E-state index >= 15 is 0 Å². The van der Waals surface area contributed by atoms with Crippen LogP contribution in [0.1, 0.15) is 38.4 Å². The highest BCUT2D eigenvalue weighted by Crippen LogP contribution is 2.33. The second kappa shape index (κ2) is 13.6. The molecule has 2 unspecified atom stereocenters. The zero-order valence-corrected chi connectivity index (χ0v) is 25.9. The Labute approximate surface area is 261 Å². The van der Waals surface area contributed by atoms with Crippen LogP contribution in [0.4, 0.5) is 18.0 Å². The molecule has 1 saturated heterocycles. The van der Waals surface area contributed by atoms with Gasteiger partial charge in [0.15, 0.2) is 5.69 Å². The normalized spacial score (nSPS) is 16.3. The van der Waals surface area contributed by atoms with E-state index in [-0.39, 0.29) is 40.8 Å². The zero-order chi connectivity index (χ0) is 33.8. The van der Waals surface area contributed by atoms with Crippen molar-refractivity contribution in [3.05, 3.63) is 71.1 Å². The summed E-state index contributed by atoms with van der Waals surface area (Å²) in [6, 6.07) is 12.4. The monoisotopic (exact) mass is 668 g/mol. The molecule has 0 bridgehead atoms. The van der Waals surface area contributed by atoms with Gasteiger partial charge in [-0.2, -0.15) is 18.3 Å². The fourth-order valence-electron chi connectivity index (χ4n) is 4.20. The summed E-state index contributed by atoms with van der Waals surface area (Å²) in [4.78, 5) is 28.6. The van der Waals surface area contributed by atoms with Crippen molar-refractivity contribution in [3.63, 3.8) is 0 Å². The molecule has 14 nitrogen and oxygen atoms in total. The maximum atomic E-state index is 13.5. The number of rotatable bonds is 10. The van der Waals surface area contributed by atoms with Crippen LogP contribution in [0.5, 0.6) is 0 Å². The smallest absolute Gasteiger partial charge is 0.435 e. The molecule has 1 aliphatic rings. The number of aromatic nitrogens is 2. The summed E-state index contributed by atoms with van der Waals surface area (Å²) in [6.45, 7) is 6.41. The van der Waals surface area contributed by atoms with Crippen molar-refractivity contribution in [2.75, 3.05) is 13.1 Å². The maximum Gasteiger partial charge on any atom is 0.435 e. The molecule has 46 heavy (non-hydrogen) atoms. The van der Waals surface area contributed by atoms with Crippen LogP contribution in [0.25, 0.3) is 16.9 Å². The standard InChI is InChI=1S/C28H31F3N6O8S/c1-17(2)26(38)43-19(4)45-34-37(40)35-14-13-22(16-35)44-27(39)33-46(41,42)23-11-9-21(10-12-23)36-24(15-25(32-36)28(29,30)31)20-7-5-18(3)6-8-20/h5-12,15,17,19,22H,13-14,16H2,1-4H3,(H,33,39). The van der Waals surface area contributed by atoms with Gasteiger partial charge in [-0.25, -0.2) is 22.6 Å². The lowest BCUT2D eigenvalue weighted by atomic mass is 10.1. The first-order valence-corrected chi connectivity index (χ1v) is 15.4. The van der Waals surface area contributed by atoms with Gasteiger partial charge in [0.05, 0.1) is 33.7 Å². The van der Waals surface area contributed by atoms with Crippen molar-refractivity contribution in [2.24, 2.45) is 11.2 Å². The molecule has 1 aromatic heterocycles. The van der Waals surface area contributed by atoms with Crippen LogP contribution in [0.2, 0.25) is 0 Å². The van der Waals surface area contributed by atoms with E-state index in [4.69, 9.17) is 14.3 Å². The minimum Gasteiger partial charge on any atom is -0.569 e. The van der Waals surface area contributed by atoms with Crippen molar-refractivity contribution in [2.45, 2.75) is 57.6 Å². The first-order chi connectivity index (χ1) is 21.5. The summed E-state index contributed by atoms with van der Waals surface area (Å²) >= 11 is 0. The number of carbonyl (C=O) groups is 2. The number of halogens is 3. The van der Waals surface area contributed by atoms with Crippen LogP contribution in [0, 0.1) is 18.0 Å². The molecular formula is C28H31F3N6O8S. The number of carbonyl (C=O) groups excluding carboxylic acids is 2. The number of aryl methyl sites for hydroxylation is 1. The Balaban J connectivity index is 1.38. The third-order valence-corrected chi connectivity index (χ3v) is 7.94. The summed E-state index contributed by atoms with van der Waals surface area (Å²) in [5, 5.41) is 20.3. The summed E-state index contributed by atoms with van der Waals surface area (Å²) in [7, 11) is -4.45. The van der Waals surface area contributed by atoms with Crippen LogP contribution in [0.3, 0.4) is 0 Å². The van der Waals surface area contributed by atoms with Gasteiger partial charge in [-0.3, -0.25) is 9.63 Å². The average Bonchev–Trinajstić information content (AvgIpc) is 3.64. The zero-order valence-electron chi connectivity index (χ0n) is 25.1. The number of alkyl halides is 3. The number of sulfonamides is 1. The maximum absolute atomic E-state index is 13.5. The molecule has 4 rings (SSSR count). The second-order valence-electron chi connectivity index (χ2n) is 10.6. The number of esters is 1. The lowest BCUT2D eigenvalue weighted by Gasteiger charge is -2.15. The first kappa shape index (κ1) is 34.0. The van der Waals surface area contributed by atoms with Crippen LogP contribution in [-0.2, 0) is 35.3 Å². The molecule has 1 N–H and O–H groups in total. The molecule has 2 aromatic carbocycles. The highest BCUT2D eigenvalue weighted by atomic mass is 32.2. The van der Waals surface area contributed by atoms with Gasteiger partial charge in [-0.05, 0) is 37.3 Å². The van der Waals surface area contributed by atoms with Crippen LogP contribution in [-0.4, -0.2) is 65.7 Å². The SMILES string of the molecule is Cc1ccc(-c2cc(C(F)(F)F)nn2-c2ccc(S(=O)(=O)NC(=O)OC3CCN([N+]([O-])=NOC(C)OC(=O)C(C)C)C3)cc2)cc1. The van der Waals surface area contributed by atoms with E-state index < -0.39 is 52.3 Å². The summed E-state index contributed by atoms with van der Waals surface area (Å²) < 4.78 is 79.1. The number of hydrogen-bond donors (Lipinski definition) is 1. The summed E-state index contributed by atoms with van der Waals surface area (Å²) in [5.41, 5.74) is 0.515. The Kier molecular flexibility index (Phi) is 10.1. The Bertz CT molecular complexity index is 1690. The molecule has 2 heterocycles. The number of amides is 1. The highest BCUT2D eigenvalue weighted by molar-refractivity contribution is 7.90. The molecule has 3 aromatic rings. The predicted octanol–water partition coefficient (Wildman–Crippen LogP) is 4.71. The van der Waals surface area contributed by atoms with Crippen molar-refractivity contribution >= 4 is 22.1 Å². The third-order valence-electron chi connectivity index (χ3n) is 6.61. The summed E-state index contributed by atoms with van der Waals surface area (Å²) in [5.74, 6) is -0.952. The molecule has 0 saturated carbocycles. The Hall–Kier alpha value is -4.87. The van der Waals surface area contributed by atoms with Crippen molar-refractivity contribution < 1.29 is 50.5 Å². The van der Waals surface area contributed by atoms with Crippen LogP contribution in [0.15, 0.2) is 64.8 Å². The Morgan fingerprint density at radius 1 is 1.11 bits per heavy atom. The quantitative estimate of drug-likeness (QED) is 0.105. The highest BCUT2D eigenvalue weighted by Gasteiger charge is 2.36. The summed E-state index contributed by atoms with van der Waals surface area (Å²) in [6.07, 6.45) is -7.85. The van der Waals surface area contributed by atoms with Gasteiger partial charge in [-0.15, -0.1) is 5.01 Å². The van der Waals surface area contributed by atoms with Gasteiger partial charge >= 0.3 is 18.2 Å². The topological polar surface area (TPSA) is 167 Å². The number of nitrogens with zero attached hydrogens (tertiary/aromatic N) is 5. The van der Waals surface area contributed by atoms with E-state index in [1.807, 2.05) is 6.92 Å². The molecule has 18 heteroatoms. The molecular weight excluding hydrogens is 637 g/mol. The van der Waals surface area contributed by atoms with Gasteiger partial charge in [-0.1, -0.05) is 43.7 Å². The van der Waals surface area contributed by atoms with Gasteiger partial charge in [0.25, 0.3) is 16.3 Å². The average molecular weight is 669 g/mol. The minimum atomic E-state index is -4.72. The molecule has 248 valence electrons. The third kappa shape index (κ3) is 8.43. The minimum absolute atomic E-state index is 0.0940. The van der Waals surface area contributed by atoms with Gasteiger partial charge in [0.1, 0.15) is 12.6 Å². The number of benzene rings is 2. The van der Waals surface area contributed by atoms with E-state index in [9.17, 15) is 36.4 Å². The second-order valence-corrected chi connectivity index (χ2v) is 12.3. The van der Waals surface area contributed by atoms with Crippen LogP contribution >= 0.6 is 0 Å². The predicted molar refractivity (Wildman–Crippen MR) is 153 cm³/mol. The number of ether oxygens (including phenoxy) is 2. The van der Waals surface area contributed by atoms with Crippen molar-refractivity contribution in [3.8, 4) is 16.9 Å². The fourth-order valence-corrected chi connectivity index (χ4v) is 5.08. The largest absolute Gasteiger partial charge is 0.569 e.